The summed E-state index contributed by atoms with van der Waals surface area (Å²) < 4.78 is 7.18. The first-order valence-electron chi connectivity index (χ1n) is 14.9. The molecule has 1 aliphatic heterocycles. The Kier molecular flexibility index (Phi) is 10.7. The van der Waals surface area contributed by atoms with Gasteiger partial charge in [0, 0.05) is 57.8 Å². The van der Waals surface area contributed by atoms with Crippen molar-refractivity contribution in [2.24, 2.45) is 18.4 Å². The highest BCUT2D eigenvalue weighted by Gasteiger charge is 2.43. The van der Waals surface area contributed by atoms with Crippen LogP contribution in [0.3, 0.4) is 0 Å². The molecule has 2 aliphatic rings. The van der Waals surface area contributed by atoms with E-state index in [2.05, 4.69) is 15.6 Å². The van der Waals surface area contributed by atoms with Gasteiger partial charge < -0.3 is 29.9 Å². The Hall–Kier alpha value is -3.56. The maximum Gasteiger partial charge on any atom is 0.315 e. The number of methoxy groups -OCH3 is 1. The molecule has 2 aromatic rings. The van der Waals surface area contributed by atoms with Crippen LogP contribution in [0.1, 0.15) is 69.0 Å². The van der Waals surface area contributed by atoms with Crippen LogP contribution in [0, 0.1) is 11.3 Å². The minimum absolute atomic E-state index is 0.0301. The average Bonchev–Trinajstić information content (AvgIpc) is 3.40. The number of rotatable bonds is 12. The Morgan fingerprint density at radius 1 is 1.12 bits per heavy atom. The first-order chi connectivity index (χ1) is 19.8. The van der Waals surface area contributed by atoms with Crippen LogP contribution in [-0.2, 0) is 29.5 Å². The normalized spacial score (nSPS) is 18.0. The van der Waals surface area contributed by atoms with Gasteiger partial charge in [-0.15, -0.1) is 0 Å². The van der Waals surface area contributed by atoms with Crippen LogP contribution in [-0.4, -0.2) is 70.3 Å². The standard InChI is InChI=1S/C31H45N5O5/c1-35-22-32-21-25(35)13-17-33-30(40)34-27(20-23-8-10-26(41-2)11-9-23)29(39)36-18-15-31(16-19-36,14-12-28(37)38)24-6-4-3-5-7-24/h8-11,21-22,24,27H,3-7,12-20H2,1-2H3,(H,37,38)(H2,33,34,40)/t27-/m1/s1. The molecule has 224 valence electrons. The van der Waals surface area contributed by atoms with Crippen molar-refractivity contribution in [3.05, 3.63) is 48.0 Å². The van der Waals surface area contributed by atoms with E-state index in [1.54, 1.807) is 19.6 Å². The summed E-state index contributed by atoms with van der Waals surface area (Å²) in [5, 5.41) is 15.3. The summed E-state index contributed by atoms with van der Waals surface area (Å²) in [6, 6.07) is 6.43. The average molecular weight is 568 g/mol. The maximum atomic E-state index is 13.9. The molecule has 10 nitrogen and oxygen atoms in total. The van der Waals surface area contributed by atoms with E-state index in [0.717, 1.165) is 42.7 Å². The van der Waals surface area contributed by atoms with Gasteiger partial charge in [0.15, 0.2) is 0 Å². The molecule has 0 bridgehead atoms. The fourth-order valence-electron chi connectivity index (χ4n) is 6.66. The number of benzene rings is 1. The number of aryl methyl sites for hydroxylation is 1. The topological polar surface area (TPSA) is 126 Å². The van der Waals surface area contributed by atoms with Gasteiger partial charge in [-0.25, -0.2) is 9.78 Å². The van der Waals surface area contributed by atoms with Gasteiger partial charge in [0.1, 0.15) is 11.8 Å². The van der Waals surface area contributed by atoms with Gasteiger partial charge in [-0.1, -0.05) is 31.4 Å². The first-order valence-corrected chi connectivity index (χ1v) is 14.9. The number of likely N-dealkylation sites (tertiary alicyclic amines) is 1. The van der Waals surface area contributed by atoms with Crippen molar-refractivity contribution in [1.82, 2.24) is 25.1 Å². The summed E-state index contributed by atoms with van der Waals surface area (Å²) in [4.78, 5) is 44.2. The van der Waals surface area contributed by atoms with E-state index in [9.17, 15) is 19.5 Å². The molecular weight excluding hydrogens is 522 g/mol. The molecular formula is C31H45N5O5. The number of urea groups is 1. The van der Waals surface area contributed by atoms with Crippen LogP contribution in [0.2, 0.25) is 0 Å². The molecule has 0 unspecified atom stereocenters. The molecule has 4 rings (SSSR count). The number of carboxylic acid groups (broad SMARTS) is 1. The third kappa shape index (κ3) is 8.24. The Morgan fingerprint density at radius 3 is 2.44 bits per heavy atom. The van der Waals surface area contributed by atoms with Crippen LogP contribution in [0.15, 0.2) is 36.8 Å². The lowest BCUT2D eigenvalue weighted by molar-refractivity contribution is -0.140. The van der Waals surface area contributed by atoms with Gasteiger partial charge in [0.25, 0.3) is 0 Å². The van der Waals surface area contributed by atoms with Gasteiger partial charge in [0.2, 0.25) is 5.91 Å². The van der Waals surface area contributed by atoms with Crippen molar-refractivity contribution >= 4 is 17.9 Å². The van der Waals surface area contributed by atoms with Crippen LogP contribution in [0.4, 0.5) is 4.79 Å². The fraction of sp³-hybridized carbons (Fsp3) is 0.613. The minimum Gasteiger partial charge on any atom is -0.497 e. The number of nitrogens with one attached hydrogen (secondary N) is 2. The van der Waals surface area contributed by atoms with Gasteiger partial charge in [-0.05, 0) is 61.1 Å². The predicted molar refractivity (Wildman–Crippen MR) is 156 cm³/mol. The molecule has 10 heteroatoms. The van der Waals surface area contributed by atoms with E-state index in [1.165, 1.54) is 19.3 Å². The molecule has 3 N–H and O–H groups in total. The van der Waals surface area contributed by atoms with E-state index in [4.69, 9.17) is 4.74 Å². The molecule has 0 radical (unpaired) electrons. The molecule has 3 amide bonds. The molecule has 2 heterocycles. The predicted octanol–water partition coefficient (Wildman–Crippen LogP) is 3.94. The fourth-order valence-corrected chi connectivity index (χ4v) is 6.66. The van der Waals surface area contributed by atoms with Gasteiger partial charge >= 0.3 is 12.0 Å². The lowest BCUT2D eigenvalue weighted by Crippen LogP contribution is -2.55. The second-order valence-electron chi connectivity index (χ2n) is 11.7. The summed E-state index contributed by atoms with van der Waals surface area (Å²) in [5.74, 6) is 0.398. The number of hydrogen-bond donors (Lipinski definition) is 3. The molecule has 1 aromatic heterocycles. The zero-order valence-electron chi connectivity index (χ0n) is 24.4. The van der Waals surface area contributed by atoms with Crippen molar-refractivity contribution in [1.29, 1.82) is 0 Å². The Bertz CT molecular complexity index is 1150. The summed E-state index contributed by atoms with van der Waals surface area (Å²) in [6.07, 6.45) is 12.9. The monoisotopic (exact) mass is 567 g/mol. The van der Waals surface area contributed by atoms with Crippen LogP contribution in [0.25, 0.3) is 0 Å². The summed E-state index contributed by atoms with van der Waals surface area (Å²) in [7, 11) is 3.52. The lowest BCUT2D eigenvalue weighted by atomic mass is 9.61. The number of amides is 3. The Labute approximate surface area is 242 Å². The Morgan fingerprint density at radius 2 is 1.83 bits per heavy atom. The summed E-state index contributed by atoms with van der Waals surface area (Å²) >= 11 is 0. The Balaban J connectivity index is 1.42. The molecule has 1 aliphatic carbocycles. The molecule has 41 heavy (non-hydrogen) atoms. The third-order valence-electron chi connectivity index (χ3n) is 9.16. The number of nitrogens with zero attached hydrogens (tertiary/aromatic N) is 3. The van der Waals surface area contributed by atoms with Crippen molar-refractivity contribution in [2.75, 3.05) is 26.7 Å². The highest BCUT2D eigenvalue weighted by atomic mass is 16.5. The second kappa shape index (κ2) is 14.4. The van der Waals surface area contributed by atoms with E-state index in [-0.39, 0.29) is 23.8 Å². The molecule has 0 spiro atoms. The van der Waals surface area contributed by atoms with E-state index >= 15 is 0 Å². The quantitative estimate of drug-likeness (QED) is 0.357. The van der Waals surface area contributed by atoms with E-state index in [0.29, 0.717) is 44.8 Å². The van der Waals surface area contributed by atoms with Gasteiger partial charge in [-0.3, -0.25) is 9.59 Å². The highest BCUT2D eigenvalue weighted by Crippen LogP contribution is 2.49. The number of imidazole rings is 1. The van der Waals surface area contributed by atoms with Crippen LogP contribution < -0.4 is 15.4 Å². The lowest BCUT2D eigenvalue weighted by Gasteiger charge is -2.48. The third-order valence-corrected chi connectivity index (χ3v) is 9.16. The van der Waals surface area contributed by atoms with Crippen molar-refractivity contribution in [3.63, 3.8) is 0 Å². The number of aliphatic carboxylic acids is 1. The van der Waals surface area contributed by atoms with Crippen LogP contribution in [0.5, 0.6) is 5.75 Å². The number of piperidine rings is 1. The van der Waals surface area contributed by atoms with E-state index < -0.39 is 12.0 Å². The zero-order valence-corrected chi connectivity index (χ0v) is 24.4. The van der Waals surface area contributed by atoms with Gasteiger partial charge in [-0.2, -0.15) is 0 Å². The molecule has 1 atom stereocenters. The van der Waals surface area contributed by atoms with Crippen molar-refractivity contribution in [3.8, 4) is 5.75 Å². The second-order valence-corrected chi connectivity index (χ2v) is 11.7. The number of aromatic nitrogens is 2. The smallest absolute Gasteiger partial charge is 0.315 e. The first kappa shape index (κ1) is 30.4. The maximum absolute atomic E-state index is 13.9. The summed E-state index contributed by atoms with van der Waals surface area (Å²) in [6.45, 7) is 1.59. The largest absolute Gasteiger partial charge is 0.497 e. The number of carbonyl (C=O) groups excluding carboxylic acids is 2. The number of carboxylic acids is 1. The van der Waals surface area contributed by atoms with Crippen LogP contribution >= 0.6 is 0 Å². The molecule has 1 saturated heterocycles. The zero-order chi connectivity index (χ0) is 29.2. The summed E-state index contributed by atoms with van der Waals surface area (Å²) in [5.41, 5.74) is 1.90. The number of carbonyl (C=O) groups is 3. The molecule has 2 fully saturated rings. The molecule has 1 saturated carbocycles. The van der Waals surface area contributed by atoms with Crippen molar-refractivity contribution < 1.29 is 24.2 Å². The molecule has 1 aromatic carbocycles. The van der Waals surface area contributed by atoms with E-state index in [1.807, 2.05) is 40.8 Å². The SMILES string of the molecule is COc1ccc(C[C@@H](NC(=O)NCCc2cncn2C)C(=O)N2CCC(CCC(=O)O)(C3CCCCC3)CC2)cc1. The van der Waals surface area contributed by atoms with Crippen molar-refractivity contribution in [2.45, 2.75) is 76.7 Å². The van der Waals surface area contributed by atoms with Gasteiger partial charge in [0.05, 0.1) is 13.4 Å². The highest BCUT2D eigenvalue weighted by molar-refractivity contribution is 5.87. The number of hydrogen-bond acceptors (Lipinski definition) is 5. The minimum atomic E-state index is -0.753. The number of ether oxygens (including phenoxy) is 1.